The van der Waals surface area contributed by atoms with Crippen molar-refractivity contribution in [2.45, 2.75) is 117 Å². The number of ether oxygens (including phenoxy) is 3. The highest BCUT2D eigenvalue weighted by Gasteiger charge is 2.36. The van der Waals surface area contributed by atoms with Crippen LogP contribution in [0.5, 0.6) is 0 Å². The average molecular weight is 573 g/mol. The van der Waals surface area contributed by atoms with Crippen molar-refractivity contribution in [2.24, 2.45) is 16.6 Å². The molecule has 2 aliphatic carbocycles. The van der Waals surface area contributed by atoms with E-state index < -0.39 is 35.5 Å². The Morgan fingerprint density at radius 3 is 1.70 bits per heavy atom. The fourth-order valence-corrected chi connectivity index (χ4v) is 4.01. The SMILES string of the molecule is C=CCO[C@@H]1CCC[C@H]1O.C=CCO[C@@H]1CCC[C@H]1OC(=O)N[C@H](C(=O)O)C(C)(C)C.CC(C)(C)[C@H](N)C(=O)O. The number of hydrogen-bond donors (Lipinski definition) is 5. The lowest BCUT2D eigenvalue weighted by atomic mass is 9.87. The summed E-state index contributed by atoms with van der Waals surface area (Å²) in [5.74, 6) is -2.02. The molecule has 0 aromatic carbocycles. The molecule has 6 N–H and O–H groups in total. The second-order valence-electron chi connectivity index (χ2n) is 12.2. The smallest absolute Gasteiger partial charge is 0.408 e. The van der Waals surface area contributed by atoms with Gasteiger partial charge in [0, 0.05) is 0 Å². The first-order valence-corrected chi connectivity index (χ1v) is 13.8. The summed E-state index contributed by atoms with van der Waals surface area (Å²) in [7, 11) is 0. The second-order valence-corrected chi connectivity index (χ2v) is 12.2. The van der Waals surface area contributed by atoms with Crippen LogP contribution >= 0.6 is 0 Å². The topological polar surface area (TPSA) is 178 Å². The lowest BCUT2D eigenvalue weighted by Crippen LogP contribution is -2.50. The summed E-state index contributed by atoms with van der Waals surface area (Å²) in [4.78, 5) is 33.3. The number of aliphatic hydroxyl groups is 1. The Balaban J connectivity index is 0.000000662. The molecule has 2 rings (SSSR count). The minimum absolute atomic E-state index is 0.0676. The van der Waals surface area contributed by atoms with E-state index in [0.29, 0.717) is 13.2 Å². The minimum Gasteiger partial charge on any atom is -0.480 e. The van der Waals surface area contributed by atoms with Gasteiger partial charge in [-0.3, -0.25) is 4.79 Å². The van der Waals surface area contributed by atoms with E-state index in [9.17, 15) is 24.6 Å². The standard InChI is InChI=1S/C15H25NO5.C8H14O2.C6H13NO2/c1-5-9-20-10-7-6-8-11(10)21-14(19)16-12(13(17)18)15(2,3)4;1-2-6-10-8-5-3-4-7(8)9;1-6(2,3)4(7)5(8)9/h5,10-12H,1,6-9H2,2-4H3,(H,16,19)(H,17,18);2,7-9H,1,3-6H2;4H,7H2,1-3H3,(H,8,9)/t10-,11-,12-;7-,8-;4-/m111/s1. The van der Waals surface area contributed by atoms with Crippen LogP contribution in [0, 0.1) is 10.8 Å². The van der Waals surface area contributed by atoms with Crippen molar-refractivity contribution < 1.29 is 43.9 Å². The van der Waals surface area contributed by atoms with Crippen LogP contribution in [-0.2, 0) is 23.8 Å². The number of carboxylic acids is 2. The number of amides is 1. The molecule has 2 saturated carbocycles. The van der Waals surface area contributed by atoms with Gasteiger partial charge in [0.05, 0.1) is 31.5 Å². The Bertz CT molecular complexity index is 804. The first-order chi connectivity index (χ1) is 18.4. The number of carbonyl (C=O) groups excluding carboxylic acids is 1. The molecule has 0 saturated heterocycles. The number of rotatable bonds is 10. The summed E-state index contributed by atoms with van der Waals surface area (Å²) >= 11 is 0. The molecule has 0 unspecified atom stereocenters. The van der Waals surface area contributed by atoms with Crippen LogP contribution in [-0.4, -0.2) is 83.1 Å². The number of alkyl carbamates (subject to hydrolysis) is 1. The number of nitrogens with two attached hydrogens (primary N) is 1. The zero-order chi connectivity index (χ0) is 31.1. The van der Waals surface area contributed by atoms with Gasteiger partial charge >= 0.3 is 18.0 Å². The largest absolute Gasteiger partial charge is 0.480 e. The third kappa shape index (κ3) is 14.8. The van der Waals surface area contributed by atoms with Gasteiger partial charge in [-0.05, 0) is 49.4 Å². The number of nitrogens with one attached hydrogen (secondary N) is 1. The summed E-state index contributed by atoms with van der Waals surface area (Å²) < 4.78 is 16.2. The number of aliphatic carboxylic acids is 2. The molecule has 11 nitrogen and oxygen atoms in total. The Kier molecular flexibility index (Phi) is 16.9. The molecule has 6 atom stereocenters. The summed E-state index contributed by atoms with van der Waals surface area (Å²) in [5, 5.41) is 29.3. The molecule has 2 aliphatic rings. The van der Waals surface area contributed by atoms with Crippen molar-refractivity contribution in [3.05, 3.63) is 25.3 Å². The molecule has 232 valence electrons. The van der Waals surface area contributed by atoms with Crippen LogP contribution in [0.1, 0.15) is 80.1 Å². The van der Waals surface area contributed by atoms with E-state index >= 15 is 0 Å². The Morgan fingerprint density at radius 2 is 1.32 bits per heavy atom. The van der Waals surface area contributed by atoms with Gasteiger partial charge in [0.15, 0.2) is 0 Å². The summed E-state index contributed by atoms with van der Waals surface area (Å²) in [6.45, 7) is 18.7. The predicted octanol–water partition coefficient (Wildman–Crippen LogP) is 3.88. The molecule has 0 radical (unpaired) electrons. The summed E-state index contributed by atoms with van der Waals surface area (Å²) in [6.07, 6.45) is 7.44. The maximum Gasteiger partial charge on any atom is 0.408 e. The van der Waals surface area contributed by atoms with Crippen molar-refractivity contribution in [2.75, 3.05) is 13.2 Å². The van der Waals surface area contributed by atoms with Crippen molar-refractivity contribution in [3.8, 4) is 0 Å². The Labute approximate surface area is 239 Å². The number of carbonyl (C=O) groups is 3. The zero-order valence-corrected chi connectivity index (χ0v) is 25.1. The van der Waals surface area contributed by atoms with E-state index in [2.05, 4.69) is 18.5 Å². The maximum absolute atomic E-state index is 11.9. The van der Waals surface area contributed by atoms with Gasteiger partial charge < -0.3 is 40.6 Å². The van der Waals surface area contributed by atoms with Gasteiger partial charge in [-0.2, -0.15) is 0 Å². The number of aliphatic hydroxyl groups excluding tert-OH is 1. The highest BCUT2D eigenvalue weighted by molar-refractivity contribution is 5.80. The average Bonchev–Trinajstić information content (AvgIpc) is 3.46. The van der Waals surface area contributed by atoms with E-state index in [1.54, 1.807) is 53.7 Å². The van der Waals surface area contributed by atoms with Gasteiger partial charge in [0.25, 0.3) is 0 Å². The van der Waals surface area contributed by atoms with Crippen molar-refractivity contribution in [1.29, 1.82) is 0 Å². The van der Waals surface area contributed by atoms with Crippen molar-refractivity contribution in [3.63, 3.8) is 0 Å². The molecular weight excluding hydrogens is 520 g/mol. The second kappa shape index (κ2) is 18.1. The highest BCUT2D eigenvalue weighted by Crippen LogP contribution is 2.26. The van der Waals surface area contributed by atoms with E-state index in [1.165, 1.54) is 0 Å². The molecule has 0 bridgehead atoms. The Morgan fingerprint density at radius 1 is 0.850 bits per heavy atom. The van der Waals surface area contributed by atoms with E-state index in [4.69, 9.17) is 25.1 Å². The van der Waals surface area contributed by atoms with Crippen LogP contribution in [0.25, 0.3) is 0 Å². The lowest BCUT2D eigenvalue weighted by molar-refractivity contribution is -0.142. The van der Waals surface area contributed by atoms with Crippen LogP contribution in [0.2, 0.25) is 0 Å². The van der Waals surface area contributed by atoms with E-state index in [1.807, 2.05) is 0 Å². The summed E-state index contributed by atoms with van der Waals surface area (Å²) in [6, 6.07) is -1.77. The molecule has 0 spiro atoms. The fraction of sp³-hybridized carbons (Fsp3) is 0.759. The van der Waals surface area contributed by atoms with Gasteiger partial charge in [-0.25, -0.2) is 9.59 Å². The molecule has 0 heterocycles. The molecule has 40 heavy (non-hydrogen) atoms. The minimum atomic E-state index is -1.08. The zero-order valence-electron chi connectivity index (χ0n) is 25.1. The third-order valence-electron chi connectivity index (χ3n) is 6.50. The monoisotopic (exact) mass is 572 g/mol. The number of hydrogen-bond acceptors (Lipinski definition) is 8. The van der Waals surface area contributed by atoms with Crippen molar-refractivity contribution in [1.82, 2.24) is 5.32 Å². The first-order valence-electron chi connectivity index (χ1n) is 13.8. The molecule has 0 aromatic rings. The van der Waals surface area contributed by atoms with Gasteiger partial charge in [0.2, 0.25) is 0 Å². The highest BCUT2D eigenvalue weighted by atomic mass is 16.6. The normalized spacial score (nSPS) is 23.8. The van der Waals surface area contributed by atoms with E-state index in [0.717, 1.165) is 38.5 Å². The van der Waals surface area contributed by atoms with Crippen LogP contribution in [0.3, 0.4) is 0 Å². The Hall–Kier alpha value is -2.47. The maximum atomic E-state index is 11.9. The van der Waals surface area contributed by atoms with Crippen molar-refractivity contribution >= 4 is 18.0 Å². The fourth-order valence-electron chi connectivity index (χ4n) is 4.01. The van der Waals surface area contributed by atoms with E-state index in [-0.39, 0.29) is 29.8 Å². The predicted molar refractivity (Wildman–Crippen MR) is 153 cm³/mol. The van der Waals surface area contributed by atoms with Crippen LogP contribution in [0.4, 0.5) is 4.79 Å². The van der Waals surface area contributed by atoms with Gasteiger partial charge in [0.1, 0.15) is 18.2 Å². The molecule has 1 amide bonds. The van der Waals surface area contributed by atoms with Gasteiger partial charge in [-0.15, -0.1) is 13.2 Å². The quantitative estimate of drug-likeness (QED) is 0.241. The summed E-state index contributed by atoms with van der Waals surface area (Å²) in [5.41, 5.74) is 4.35. The van der Waals surface area contributed by atoms with Crippen LogP contribution < -0.4 is 11.1 Å². The molecular formula is C29H52N2O9. The molecule has 11 heteroatoms. The third-order valence-corrected chi connectivity index (χ3v) is 6.50. The molecule has 2 fully saturated rings. The molecule has 0 aromatic heterocycles. The molecule has 0 aliphatic heterocycles. The lowest BCUT2D eigenvalue weighted by Gasteiger charge is -2.28. The van der Waals surface area contributed by atoms with Crippen LogP contribution in [0.15, 0.2) is 25.3 Å². The van der Waals surface area contributed by atoms with Gasteiger partial charge in [-0.1, -0.05) is 53.7 Å². The first kappa shape index (κ1) is 37.5. The number of carboxylic acid groups (broad SMARTS) is 2.